The van der Waals surface area contributed by atoms with Crippen molar-refractivity contribution in [1.29, 1.82) is 0 Å². The van der Waals surface area contributed by atoms with Gasteiger partial charge in [-0.25, -0.2) is 0 Å². The Morgan fingerprint density at radius 1 is 1.17 bits per heavy atom. The second-order valence-electron chi connectivity index (χ2n) is 6.83. The van der Waals surface area contributed by atoms with Crippen LogP contribution in [-0.2, 0) is 14.4 Å². The number of benzene rings is 2. The van der Waals surface area contributed by atoms with Crippen molar-refractivity contribution in [2.75, 3.05) is 41.3 Å². The summed E-state index contributed by atoms with van der Waals surface area (Å²) in [5, 5.41) is 2.86. The molecule has 2 heterocycles. The molecule has 9 heteroatoms. The van der Waals surface area contributed by atoms with Crippen LogP contribution in [0.1, 0.15) is 0 Å². The number of nitrogens with zero attached hydrogens (tertiary/aromatic N) is 2. The summed E-state index contributed by atoms with van der Waals surface area (Å²) in [7, 11) is 1.58. The van der Waals surface area contributed by atoms with Gasteiger partial charge in [0, 0.05) is 16.3 Å². The van der Waals surface area contributed by atoms with Gasteiger partial charge < -0.3 is 19.9 Å². The van der Waals surface area contributed by atoms with Gasteiger partial charge in [-0.3, -0.25) is 14.4 Å². The number of fused-ring (bicyclic) bond motifs is 1. The van der Waals surface area contributed by atoms with Gasteiger partial charge in [0.1, 0.15) is 18.3 Å². The van der Waals surface area contributed by atoms with Crippen LogP contribution < -0.4 is 15.0 Å². The number of carbonyl (C=O) groups excluding carboxylic acids is 3. The molecule has 0 radical (unpaired) electrons. The molecule has 156 valence electrons. The largest absolute Gasteiger partial charge is 0.497 e. The second-order valence-corrected chi connectivity index (χ2v) is 8.85. The van der Waals surface area contributed by atoms with Crippen LogP contribution in [0, 0.1) is 0 Å². The van der Waals surface area contributed by atoms with Gasteiger partial charge in [-0.15, -0.1) is 23.5 Å². The monoisotopic (exact) mass is 443 g/mol. The molecule has 0 saturated carbocycles. The number of hydrogen-bond acceptors (Lipinski definition) is 6. The molecule has 2 aromatic carbocycles. The molecule has 0 aromatic heterocycles. The van der Waals surface area contributed by atoms with E-state index in [0.717, 1.165) is 10.6 Å². The van der Waals surface area contributed by atoms with E-state index < -0.39 is 6.04 Å². The molecule has 1 atom stereocenters. The number of rotatable bonds is 5. The number of carbonyl (C=O) groups is 3. The molecule has 1 fully saturated rings. The van der Waals surface area contributed by atoms with E-state index in [0.29, 0.717) is 28.8 Å². The summed E-state index contributed by atoms with van der Waals surface area (Å²) >= 11 is 3.00. The molecule has 7 nitrogen and oxygen atoms in total. The Hall–Kier alpha value is -2.65. The molecule has 1 N–H and O–H groups in total. The van der Waals surface area contributed by atoms with Crippen LogP contribution in [0.25, 0.3) is 0 Å². The molecule has 30 heavy (non-hydrogen) atoms. The quantitative estimate of drug-likeness (QED) is 0.766. The highest BCUT2D eigenvalue weighted by atomic mass is 32.2. The van der Waals surface area contributed by atoms with Crippen molar-refractivity contribution in [1.82, 2.24) is 4.90 Å². The van der Waals surface area contributed by atoms with Crippen molar-refractivity contribution in [2.24, 2.45) is 0 Å². The van der Waals surface area contributed by atoms with E-state index in [1.165, 1.54) is 28.4 Å². The first-order valence-electron chi connectivity index (χ1n) is 9.41. The van der Waals surface area contributed by atoms with Gasteiger partial charge in [0.05, 0.1) is 24.4 Å². The number of amides is 3. The number of nitrogens with one attached hydrogen (secondary N) is 1. The Balaban J connectivity index is 1.44. The fourth-order valence-electron chi connectivity index (χ4n) is 3.36. The van der Waals surface area contributed by atoms with Gasteiger partial charge in [-0.2, -0.15) is 0 Å². The van der Waals surface area contributed by atoms with Crippen molar-refractivity contribution >= 4 is 52.6 Å². The van der Waals surface area contributed by atoms with Gasteiger partial charge in [0.2, 0.25) is 17.7 Å². The Kier molecular flexibility index (Phi) is 6.19. The molecule has 1 unspecified atom stereocenters. The number of para-hydroxylation sites is 1. The molecule has 0 bridgehead atoms. The zero-order valence-electron chi connectivity index (χ0n) is 16.4. The van der Waals surface area contributed by atoms with Crippen LogP contribution in [0.2, 0.25) is 0 Å². The van der Waals surface area contributed by atoms with Crippen LogP contribution in [0.5, 0.6) is 5.75 Å². The predicted molar refractivity (Wildman–Crippen MR) is 119 cm³/mol. The predicted octanol–water partition coefficient (Wildman–Crippen LogP) is 2.67. The molecule has 2 aromatic rings. The highest BCUT2D eigenvalue weighted by molar-refractivity contribution is 8.00. The van der Waals surface area contributed by atoms with E-state index in [-0.39, 0.29) is 24.3 Å². The molecular formula is C21H21N3O4S2. The number of ether oxygens (including phenoxy) is 1. The normalized spacial score (nSPS) is 18.2. The minimum atomic E-state index is -0.575. The lowest BCUT2D eigenvalue weighted by molar-refractivity contribution is -0.135. The summed E-state index contributed by atoms with van der Waals surface area (Å²) in [6.07, 6.45) is 0. The van der Waals surface area contributed by atoms with Crippen LogP contribution in [-0.4, -0.2) is 59.7 Å². The highest BCUT2D eigenvalue weighted by Gasteiger charge is 2.36. The Bertz CT molecular complexity index is 967. The molecule has 0 aliphatic carbocycles. The third-order valence-electron chi connectivity index (χ3n) is 4.96. The van der Waals surface area contributed by atoms with Gasteiger partial charge >= 0.3 is 0 Å². The molecule has 1 saturated heterocycles. The van der Waals surface area contributed by atoms with Gasteiger partial charge in [-0.05, 0) is 36.4 Å². The SMILES string of the molecule is COc1ccc(NC(=O)C2CSCN2C(=O)CN2C(=O)CSc3ccccc32)cc1. The van der Waals surface area contributed by atoms with E-state index in [4.69, 9.17) is 4.74 Å². The van der Waals surface area contributed by atoms with E-state index in [2.05, 4.69) is 5.32 Å². The maximum absolute atomic E-state index is 13.0. The van der Waals surface area contributed by atoms with Crippen molar-refractivity contribution in [3.05, 3.63) is 48.5 Å². The van der Waals surface area contributed by atoms with E-state index >= 15 is 0 Å². The third kappa shape index (κ3) is 4.27. The number of methoxy groups -OCH3 is 1. The standard InChI is InChI=1S/C21H21N3O4S2/c1-28-15-8-6-14(7-9-15)22-21(27)17-11-29-13-24(17)19(25)10-23-16-4-2-3-5-18(16)30-12-20(23)26/h2-9,17H,10-13H2,1H3,(H,22,27). The summed E-state index contributed by atoms with van der Waals surface area (Å²) < 4.78 is 5.13. The average Bonchev–Trinajstić information content (AvgIpc) is 3.26. The first-order valence-corrected chi connectivity index (χ1v) is 11.5. The first kappa shape index (κ1) is 20.6. The highest BCUT2D eigenvalue weighted by Crippen LogP contribution is 2.35. The maximum Gasteiger partial charge on any atom is 0.248 e. The molecule has 2 aliphatic rings. The van der Waals surface area contributed by atoms with Crippen LogP contribution in [0.3, 0.4) is 0 Å². The Morgan fingerprint density at radius 3 is 2.70 bits per heavy atom. The summed E-state index contributed by atoms with van der Waals surface area (Å²) in [6.45, 7) is -0.0662. The molecular weight excluding hydrogens is 422 g/mol. The summed E-state index contributed by atoms with van der Waals surface area (Å²) in [5.74, 6) is 1.39. The average molecular weight is 444 g/mol. The topological polar surface area (TPSA) is 79.0 Å². The summed E-state index contributed by atoms with van der Waals surface area (Å²) in [4.78, 5) is 42.4. The van der Waals surface area contributed by atoms with Crippen LogP contribution >= 0.6 is 23.5 Å². The minimum Gasteiger partial charge on any atom is -0.497 e. The number of thioether (sulfide) groups is 2. The lowest BCUT2D eigenvalue weighted by Crippen LogP contribution is -2.50. The Labute approximate surface area is 183 Å². The van der Waals surface area contributed by atoms with Crippen molar-refractivity contribution < 1.29 is 19.1 Å². The van der Waals surface area contributed by atoms with Gasteiger partial charge in [-0.1, -0.05) is 12.1 Å². The van der Waals surface area contributed by atoms with Crippen molar-refractivity contribution in [3.8, 4) is 5.75 Å². The zero-order valence-corrected chi connectivity index (χ0v) is 18.0. The number of hydrogen-bond donors (Lipinski definition) is 1. The van der Waals surface area contributed by atoms with Crippen molar-refractivity contribution in [2.45, 2.75) is 10.9 Å². The van der Waals surface area contributed by atoms with E-state index in [1.807, 2.05) is 24.3 Å². The molecule has 3 amide bonds. The van der Waals surface area contributed by atoms with Crippen LogP contribution in [0.4, 0.5) is 11.4 Å². The first-order chi connectivity index (χ1) is 14.6. The number of anilines is 2. The second kappa shape index (κ2) is 9.01. The summed E-state index contributed by atoms with van der Waals surface area (Å²) in [6, 6.07) is 14.0. The lowest BCUT2D eigenvalue weighted by Gasteiger charge is -2.31. The maximum atomic E-state index is 13.0. The zero-order chi connectivity index (χ0) is 21.1. The lowest BCUT2D eigenvalue weighted by atomic mass is 10.2. The fourth-order valence-corrected chi connectivity index (χ4v) is 5.48. The third-order valence-corrected chi connectivity index (χ3v) is 7.02. The minimum absolute atomic E-state index is 0.0662. The van der Waals surface area contributed by atoms with Crippen LogP contribution in [0.15, 0.2) is 53.4 Å². The Morgan fingerprint density at radius 2 is 1.93 bits per heavy atom. The van der Waals surface area contributed by atoms with E-state index in [1.54, 1.807) is 36.3 Å². The van der Waals surface area contributed by atoms with Crippen molar-refractivity contribution in [3.63, 3.8) is 0 Å². The summed E-state index contributed by atoms with van der Waals surface area (Å²) in [5.41, 5.74) is 1.39. The van der Waals surface area contributed by atoms with E-state index in [9.17, 15) is 14.4 Å². The van der Waals surface area contributed by atoms with Gasteiger partial charge in [0.15, 0.2) is 0 Å². The smallest absolute Gasteiger partial charge is 0.248 e. The fraction of sp³-hybridized carbons (Fsp3) is 0.286. The molecule has 0 spiro atoms. The van der Waals surface area contributed by atoms with Gasteiger partial charge in [0.25, 0.3) is 0 Å². The molecule has 2 aliphatic heterocycles. The molecule has 4 rings (SSSR count).